The Morgan fingerprint density at radius 1 is 1.13 bits per heavy atom. The van der Waals surface area contributed by atoms with Gasteiger partial charge < -0.3 is 14.8 Å². The smallest absolute Gasteiger partial charge is 0.206 e. The molecule has 3 aromatic rings. The number of fused-ring (bicyclic) bond motifs is 1. The monoisotopic (exact) mass is 308 g/mol. The van der Waals surface area contributed by atoms with Gasteiger partial charge in [0.05, 0.1) is 11.0 Å². The van der Waals surface area contributed by atoms with Gasteiger partial charge in [-0.25, -0.2) is 15.0 Å². The fourth-order valence-corrected chi connectivity index (χ4v) is 3.22. The topological polar surface area (TPSA) is 58.9 Å². The molecule has 2 aromatic heterocycles. The summed E-state index contributed by atoms with van der Waals surface area (Å²) in [6.07, 6.45) is 5.50. The zero-order valence-corrected chi connectivity index (χ0v) is 13.2. The molecule has 0 spiro atoms. The molecule has 0 amide bonds. The molecule has 0 unspecified atom stereocenters. The second-order valence-corrected chi connectivity index (χ2v) is 5.96. The van der Waals surface area contributed by atoms with Crippen molar-refractivity contribution in [3.8, 4) is 0 Å². The minimum absolute atomic E-state index is 0.454. The molecule has 4 rings (SSSR count). The van der Waals surface area contributed by atoms with Gasteiger partial charge in [0.1, 0.15) is 12.1 Å². The molecule has 6 nitrogen and oxygen atoms in total. The Morgan fingerprint density at radius 2 is 1.96 bits per heavy atom. The number of para-hydroxylation sites is 2. The third-order valence-electron chi connectivity index (χ3n) is 4.48. The number of imidazole rings is 1. The van der Waals surface area contributed by atoms with Gasteiger partial charge in [-0.1, -0.05) is 12.1 Å². The van der Waals surface area contributed by atoms with E-state index in [0.29, 0.717) is 6.04 Å². The summed E-state index contributed by atoms with van der Waals surface area (Å²) in [5, 5.41) is 3.49. The molecule has 1 saturated heterocycles. The maximum atomic E-state index is 4.79. The molecule has 1 aromatic carbocycles. The zero-order valence-electron chi connectivity index (χ0n) is 13.2. The highest BCUT2D eigenvalue weighted by Gasteiger charge is 2.22. The molecule has 0 bridgehead atoms. The number of hydrogen-bond donors (Lipinski definition) is 1. The minimum atomic E-state index is 0.454. The first-order valence-electron chi connectivity index (χ1n) is 8.00. The average Bonchev–Trinajstić information content (AvgIpc) is 2.94. The van der Waals surface area contributed by atoms with Gasteiger partial charge in [-0.15, -0.1) is 0 Å². The summed E-state index contributed by atoms with van der Waals surface area (Å²) in [6.45, 7) is 2.00. The Morgan fingerprint density at radius 3 is 2.70 bits per heavy atom. The molecule has 1 fully saturated rings. The van der Waals surface area contributed by atoms with Crippen molar-refractivity contribution < 1.29 is 0 Å². The predicted molar refractivity (Wildman–Crippen MR) is 91.6 cm³/mol. The quantitative estimate of drug-likeness (QED) is 0.805. The first-order chi connectivity index (χ1) is 11.3. The summed E-state index contributed by atoms with van der Waals surface area (Å²) in [5.41, 5.74) is 2.25. The average molecular weight is 308 g/mol. The van der Waals surface area contributed by atoms with E-state index in [-0.39, 0.29) is 0 Å². The minimum Gasteiger partial charge on any atom is -0.367 e. The molecule has 0 aliphatic carbocycles. The van der Waals surface area contributed by atoms with E-state index in [2.05, 4.69) is 50.0 Å². The lowest BCUT2D eigenvalue weighted by atomic mass is 10.1. The van der Waals surface area contributed by atoms with Gasteiger partial charge in [0.25, 0.3) is 0 Å². The molecule has 0 atom stereocenters. The van der Waals surface area contributed by atoms with Crippen LogP contribution in [-0.2, 0) is 7.05 Å². The summed E-state index contributed by atoms with van der Waals surface area (Å²) in [5.74, 6) is 1.97. The van der Waals surface area contributed by atoms with E-state index in [1.165, 1.54) is 5.52 Å². The van der Waals surface area contributed by atoms with Crippen LogP contribution in [0.2, 0.25) is 0 Å². The fraction of sp³-hybridized carbons (Fsp3) is 0.353. The van der Waals surface area contributed by atoms with Crippen molar-refractivity contribution in [3.63, 3.8) is 0 Å². The largest absolute Gasteiger partial charge is 0.367 e. The Bertz CT molecular complexity index is 789. The number of piperidine rings is 1. The van der Waals surface area contributed by atoms with Crippen LogP contribution < -0.4 is 10.2 Å². The van der Waals surface area contributed by atoms with Crippen molar-refractivity contribution in [2.45, 2.75) is 18.9 Å². The van der Waals surface area contributed by atoms with Gasteiger partial charge in [0.15, 0.2) is 0 Å². The molecule has 1 N–H and O–H groups in total. The normalized spacial score (nSPS) is 16.0. The maximum Gasteiger partial charge on any atom is 0.206 e. The Hall–Kier alpha value is -2.63. The van der Waals surface area contributed by atoms with Crippen LogP contribution in [0.1, 0.15) is 12.8 Å². The molecule has 118 valence electrons. The van der Waals surface area contributed by atoms with E-state index in [1.807, 2.05) is 12.1 Å². The summed E-state index contributed by atoms with van der Waals surface area (Å²) in [4.78, 5) is 15.4. The number of aryl methyl sites for hydroxylation is 1. The molecule has 1 aliphatic rings. The second-order valence-electron chi connectivity index (χ2n) is 5.96. The molecule has 3 heterocycles. The number of nitrogens with zero attached hydrogens (tertiary/aromatic N) is 5. The van der Waals surface area contributed by atoms with Crippen molar-refractivity contribution in [1.82, 2.24) is 19.5 Å². The van der Waals surface area contributed by atoms with Crippen LogP contribution >= 0.6 is 0 Å². The summed E-state index contributed by atoms with van der Waals surface area (Å²) in [7, 11) is 2.09. The van der Waals surface area contributed by atoms with Gasteiger partial charge in [-0.2, -0.15) is 0 Å². The molecule has 6 heteroatoms. The third-order valence-corrected chi connectivity index (χ3v) is 4.48. The first-order valence-corrected chi connectivity index (χ1v) is 8.00. The van der Waals surface area contributed by atoms with Gasteiger partial charge in [0, 0.05) is 32.4 Å². The molecule has 0 radical (unpaired) electrons. The molecule has 23 heavy (non-hydrogen) atoms. The van der Waals surface area contributed by atoms with Crippen LogP contribution in [0.5, 0.6) is 0 Å². The number of benzene rings is 1. The van der Waals surface area contributed by atoms with Crippen molar-refractivity contribution in [3.05, 3.63) is 42.9 Å². The van der Waals surface area contributed by atoms with Crippen LogP contribution in [0.25, 0.3) is 11.0 Å². The third kappa shape index (κ3) is 2.72. The zero-order chi connectivity index (χ0) is 15.6. The molecular weight excluding hydrogens is 288 g/mol. The van der Waals surface area contributed by atoms with Crippen molar-refractivity contribution in [1.29, 1.82) is 0 Å². The van der Waals surface area contributed by atoms with Crippen LogP contribution in [-0.4, -0.2) is 38.7 Å². The molecular formula is C17H20N6. The highest BCUT2D eigenvalue weighted by atomic mass is 15.3. The lowest BCUT2D eigenvalue weighted by Crippen LogP contribution is -2.40. The fourth-order valence-electron chi connectivity index (χ4n) is 3.22. The van der Waals surface area contributed by atoms with E-state index in [0.717, 1.165) is 43.2 Å². The standard InChI is InChI=1S/C17H20N6/c1-22-15-5-3-2-4-14(15)21-17(22)23-10-7-13(8-11-23)20-16-6-9-18-12-19-16/h2-6,9,12-13H,7-8,10-11H2,1H3,(H,18,19,20). The van der Waals surface area contributed by atoms with Crippen molar-refractivity contribution in [2.75, 3.05) is 23.3 Å². The SMILES string of the molecule is Cn1c(N2CCC(Nc3ccncn3)CC2)nc2ccccc21. The number of nitrogens with one attached hydrogen (secondary N) is 1. The Kier molecular flexibility index (Phi) is 3.57. The Balaban J connectivity index is 1.45. The van der Waals surface area contributed by atoms with Crippen molar-refractivity contribution in [2.24, 2.45) is 7.05 Å². The lowest BCUT2D eigenvalue weighted by molar-refractivity contribution is 0.515. The number of rotatable bonds is 3. The Labute approximate surface area is 135 Å². The first kappa shape index (κ1) is 14.0. The van der Waals surface area contributed by atoms with E-state index in [1.54, 1.807) is 12.5 Å². The van der Waals surface area contributed by atoms with Crippen LogP contribution in [0.4, 0.5) is 11.8 Å². The highest BCUT2D eigenvalue weighted by molar-refractivity contribution is 5.78. The van der Waals surface area contributed by atoms with Gasteiger partial charge in [-0.3, -0.25) is 0 Å². The highest BCUT2D eigenvalue weighted by Crippen LogP contribution is 2.24. The predicted octanol–water partition coefficient (Wildman–Crippen LogP) is 2.44. The number of anilines is 2. The second kappa shape index (κ2) is 5.87. The van der Waals surface area contributed by atoms with Gasteiger partial charge >= 0.3 is 0 Å². The van der Waals surface area contributed by atoms with Crippen molar-refractivity contribution >= 4 is 22.8 Å². The number of aromatic nitrogens is 4. The van der Waals surface area contributed by atoms with Gasteiger partial charge in [0.2, 0.25) is 5.95 Å². The van der Waals surface area contributed by atoms with E-state index in [4.69, 9.17) is 4.98 Å². The summed E-state index contributed by atoms with van der Waals surface area (Å²) in [6, 6.07) is 10.7. The molecule has 0 saturated carbocycles. The van der Waals surface area contributed by atoms with Crippen LogP contribution in [0.15, 0.2) is 42.9 Å². The van der Waals surface area contributed by atoms with Crippen LogP contribution in [0, 0.1) is 0 Å². The summed E-state index contributed by atoms with van der Waals surface area (Å²) < 4.78 is 2.19. The van der Waals surface area contributed by atoms with E-state index >= 15 is 0 Å². The number of hydrogen-bond acceptors (Lipinski definition) is 5. The van der Waals surface area contributed by atoms with E-state index < -0.39 is 0 Å². The maximum absolute atomic E-state index is 4.79. The van der Waals surface area contributed by atoms with E-state index in [9.17, 15) is 0 Å². The summed E-state index contributed by atoms with van der Waals surface area (Å²) >= 11 is 0. The van der Waals surface area contributed by atoms with Crippen LogP contribution in [0.3, 0.4) is 0 Å². The van der Waals surface area contributed by atoms with Gasteiger partial charge in [-0.05, 0) is 31.0 Å². The molecule has 1 aliphatic heterocycles. The lowest BCUT2D eigenvalue weighted by Gasteiger charge is -2.33.